The maximum absolute atomic E-state index is 5.08. The Kier molecular flexibility index (Phi) is 2.84. The smallest absolute Gasteiger partial charge is 0.217 e. The monoisotopic (exact) mass is 130 g/mol. The molecule has 0 aliphatic rings. The summed E-state index contributed by atoms with van der Waals surface area (Å²) in [4.78, 5) is 3.69. The van der Waals surface area contributed by atoms with Gasteiger partial charge < -0.3 is 15.6 Å². The second-order valence-corrected chi connectivity index (χ2v) is 2.22. The standard InChI is InChI=1S/C5H14N4/c1-8(2)5(7-6)9(3)4/h6H2,1-4H3. The van der Waals surface area contributed by atoms with E-state index in [4.69, 9.17) is 5.84 Å². The van der Waals surface area contributed by atoms with Gasteiger partial charge in [0, 0.05) is 28.2 Å². The fraction of sp³-hybridized carbons (Fsp3) is 0.800. The van der Waals surface area contributed by atoms with Crippen molar-refractivity contribution in [2.24, 2.45) is 10.9 Å². The predicted octanol–water partition coefficient (Wildman–Crippen LogP) is -0.661. The van der Waals surface area contributed by atoms with Crippen LogP contribution < -0.4 is 5.84 Å². The van der Waals surface area contributed by atoms with E-state index in [1.165, 1.54) is 0 Å². The largest absolute Gasteiger partial charge is 0.347 e. The molecule has 0 rings (SSSR count). The van der Waals surface area contributed by atoms with Gasteiger partial charge in [-0.3, -0.25) is 0 Å². The third kappa shape index (κ3) is 2.21. The number of hydrazone groups is 1. The maximum atomic E-state index is 5.08. The van der Waals surface area contributed by atoms with Crippen LogP contribution >= 0.6 is 0 Å². The summed E-state index contributed by atoms with van der Waals surface area (Å²) in [5.41, 5.74) is 0. The van der Waals surface area contributed by atoms with Crippen LogP contribution in [0.15, 0.2) is 5.10 Å². The number of hydrogen-bond donors (Lipinski definition) is 1. The summed E-state index contributed by atoms with van der Waals surface area (Å²) in [6, 6.07) is 0. The number of guanidine groups is 1. The second kappa shape index (κ2) is 3.17. The fourth-order valence-electron chi connectivity index (χ4n) is 0.631. The minimum atomic E-state index is 0.759. The average Bonchev–Trinajstić information content (AvgIpc) is 1.64. The summed E-state index contributed by atoms with van der Waals surface area (Å²) in [6.07, 6.45) is 0. The summed E-state index contributed by atoms with van der Waals surface area (Å²) in [6.45, 7) is 0. The average molecular weight is 130 g/mol. The van der Waals surface area contributed by atoms with Gasteiger partial charge in [0.2, 0.25) is 5.96 Å². The van der Waals surface area contributed by atoms with E-state index >= 15 is 0 Å². The van der Waals surface area contributed by atoms with Crippen molar-refractivity contribution in [1.29, 1.82) is 0 Å². The first-order valence-electron chi connectivity index (χ1n) is 2.72. The Bertz CT molecular complexity index is 95.5. The van der Waals surface area contributed by atoms with Crippen LogP contribution in [0.4, 0.5) is 0 Å². The van der Waals surface area contributed by atoms with Crippen molar-refractivity contribution in [3.05, 3.63) is 0 Å². The topological polar surface area (TPSA) is 44.9 Å². The third-order valence-corrected chi connectivity index (χ3v) is 0.915. The third-order valence-electron chi connectivity index (χ3n) is 0.915. The number of hydrogen-bond acceptors (Lipinski definition) is 2. The first kappa shape index (κ1) is 8.07. The van der Waals surface area contributed by atoms with E-state index in [1.54, 1.807) is 0 Å². The lowest BCUT2D eigenvalue weighted by Crippen LogP contribution is -2.36. The minimum absolute atomic E-state index is 0.759. The van der Waals surface area contributed by atoms with Gasteiger partial charge in [0.15, 0.2) is 0 Å². The summed E-state index contributed by atoms with van der Waals surface area (Å²) < 4.78 is 0. The van der Waals surface area contributed by atoms with E-state index in [0.717, 1.165) is 5.96 Å². The van der Waals surface area contributed by atoms with E-state index in [2.05, 4.69) is 5.10 Å². The summed E-state index contributed by atoms with van der Waals surface area (Å²) in [7, 11) is 7.58. The van der Waals surface area contributed by atoms with Crippen LogP contribution in [-0.4, -0.2) is 44.0 Å². The second-order valence-electron chi connectivity index (χ2n) is 2.22. The van der Waals surface area contributed by atoms with E-state index in [-0.39, 0.29) is 0 Å². The molecule has 0 aromatic heterocycles. The molecule has 0 saturated carbocycles. The molecule has 9 heavy (non-hydrogen) atoms. The van der Waals surface area contributed by atoms with Gasteiger partial charge in [-0.1, -0.05) is 0 Å². The highest BCUT2D eigenvalue weighted by atomic mass is 15.4. The molecule has 0 spiro atoms. The van der Waals surface area contributed by atoms with Crippen molar-refractivity contribution < 1.29 is 0 Å². The van der Waals surface area contributed by atoms with Crippen LogP contribution in [0, 0.1) is 0 Å². The molecule has 0 amide bonds. The molecule has 0 heterocycles. The van der Waals surface area contributed by atoms with Crippen molar-refractivity contribution in [2.45, 2.75) is 0 Å². The van der Waals surface area contributed by atoms with E-state index in [1.807, 2.05) is 38.0 Å². The number of nitrogens with two attached hydrogens (primary N) is 1. The van der Waals surface area contributed by atoms with Crippen molar-refractivity contribution in [2.75, 3.05) is 28.2 Å². The SMILES string of the molecule is CN(C)C(=NN)N(C)C. The lowest BCUT2D eigenvalue weighted by molar-refractivity contribution is 0.480. The molecule has 0 aromatic rings. The van der Waals surface area contributed by atoms with Crippen molar-refractivity contribution in [3.8, 4) is 0 Å². The Morgan fingerprint density at radius 3 is 1.44 bits per heavy atom. The quantitative estimate of drug-likeness (QED) is 0.205. The Hall–Kier alpha value is -0.930. The molecular weight excluding hydrogens is 116 g/mol. The molecule has 4 heteroatoms. The molecule has 0 bridgehead atoms. The molecule has 0 saturated heterocycles. The van der Waals surface area contributed by atoms with Crippen LogP contribution in [0.3, 0.4) is 0 Å². The highest BCUT2D eigenvalue weighted by molar-refractivity contribution is 5.78. The first-order valence-corrected chi connectivity index (χ1v) is 2.72. The van der Waals surface area contributed by atoms with Gasteiger partial charge in [0.05, 0.1) is 0 Å². The van der Waals surface area contributed by atoms with Gasteiger partial charge in [-0.2, -0.15) is 0 Å². The van der Waals surface area contributed by atoms with Crippen molar-refractivity contribution in [3.63, 3.8) is 0 Å². The molecule has 0 radical (unpaired) electrons. The van der Waals surface area contributed by atoms with Crippen LogP contribution in [0.2, 0.25) is 0 Å². The summed E-state index contributed by atoms with van der Waals surface area (Å²) in [5, 5.41) is 3.56. The Labute approximate surface area is 55.9 Å². The normalized spacial score (nSPS) is 8.44. The molecule has 2 N–H and O–H groups in total. The molecule has 0 atom stereocenters. The Balaban J connectivity index is 4.01. The lowest BCUT2D eigenvalue weighted by atomic mass is 10.7. The number of nitrogens with zero attached hydrogens (tertiary/aromatic N) is 3. The van der Waals surface area contributed by atoms with Gasteiger partial charge in [0.25, 0.3) is 0 Å². The zero-order valence-electron chi connectivity index (χ0n) is 6.42. The summed E-state index contributed by atoms with van der Waals surface area (Å²) in [5.74, 6) is 5.84. The Morgan fingerprint density at radius 1 is 1.11 bits per heavy atom. The van der Waals surface area contributed by atoms with Gasteiger partial charge in [0.1, 0.15) is 0 Å². The molecule has 0 aliphatic heterocycles. The zero-order valence-corrected chi connectivity index (χ0v) is 6.42. The van der Waals surface area contributed by atoms with Gasteiger partial charge in [-0.25, -0.2) is 0 Å². The highest BCUT2D eigenvalue weighted by Gasteiger charge is 2.00. The van der Waals surface area contributed by atoms with Gasteiger partial charge in [-0.05, 0) is 0 Å². The molecule has 0 aliphatic carbocycles. The van der Waals surface area contributed by atoms with Gasteiger partial charge in [-0.15, -0.1) is 5.10 Å². The molecule has 0 fully saturated rings. The molecule has 4 nitrogen and oxygen atoms in total. The zero-order chi connectivity index (χ0) is 7.44. The van der Waals surface area contributed by atoms with Crippen molar-refractivity contribution in [1.82, 2.24) is 9.80 Å². The molecule has 0 aromatic carbocycles. The lowest BCUT2D eigenvalue weighted by Gasteiger charge is -2.20. The fourth-order valence-corrected chi connectivity index (χ4v) is 0.631. The number of rotatable bonds is 0. The van der Waals surface area contributed by atoms with Crippen molar-refractivity contribution >= 4 is 5.96 Å². The molecular formula is C5H14N4. The molecule has 54 valence electrons. The van der Waals surface area contributed by atoms with Crippen LogP contribution in [0.5, 0.6) is 0 Å². The minimum Gasteiger partial charge on any atom is -0.347 e. The predicted molar refractivity (Wildman–Crippen MR) is 39.0 cm³/mol. The summed E-state index contributed by atoms with van der Waals surface area (Å²) >= 11 is 0. The van der Waals surface area contributed by atoms with Crippen LogP contribution in [0.25, 0.3) is 0 Å². The first-order chi connectivity index (χ1) is 4.09. The highest BCUT2D eigenvalue weighted by Crippen LogP contribution is 1.83. The van der Waals surface area contributed by atoms with E-state index < -0.39 is 0 Å². The van der Waals surface area contributed by atoms with E-state index in [9.17, 15) is 0 Å². The van der Waals surface area contributed by atoms with Crippen LogP contribution in [0.1, 0.15) is 0 Å². The Morgan fingerprint density at radius 2 is 1.44 bits per heavy atom. The molecule has 0 unspecified atom stereocenters. The van der Waals surface area contributed by atoms with E-state index in [0.29, 0.717) is 0 Å². The maximum Gasteiger partial charge on any atom is 0.217 e. The van der Waals surface area contributed by atoms with Crippen LogP contribution in [-0.2, 0) is 0 Å². The van der Waals surface area contributed by atoms with Gasteiger partial charge >= 0.3 is 0 Å².